The number of hydrogen-bond donors (Lipinski definition) is 1. The number of carbonyl (C=O) groups is 2. The fourth-order valence-electron chi connectivity index (χ4n) is 2.43. The number of aromatic carboxylic acids is 1. The number of benzene rings is 1. The number of carboxylic acids is 1. The number of carbonyl (C=O) groups excluding carboxylic acids is 1. The first-order chi connectivity index (χ1) is 9.47. The van der Waals surface area contributed by atoms with Crippen molar-refractivity contribution < 1.29 is 14.7 Å². The Morgan fingerprint density at radius 1 is 1.30 bits per heavy atom. The van der Waals surface area contributed by atoms with E-state index in [-0.39, 0.29) is 17.5 Å². The van der Waals surface area contributed by atoms with Gasteiger partial charge in [0.2, 0.25) is 0 Å². The van der Waals surface area contributed by atoms with Crippen LogP contribution in [0.4, 0.5) is 0 Å². The highest BCUT2D eigenvalue weighted by molar-refractivity contribution is 6.07. The van der Waals surface area contributed by atoms with E-state index in [2.05, 4.69) is 6.58 Å². The van der Waals surface area contributed by atoms with Gasteiger partial charge in [0.1, 0.15) is 0 Å². The molecule has 1 aromatic rings. The van der Waals surface area contributed by atoms with Crippen LogP contribution in [-0.2, 0) is 0 Å². The highest BCUT2D eigenvalue weighted by Gasteiger charge is 2.34. The second-order valence-electron chi connectivity index (χ2n) is 5.23. The molecule has 1 amide bonds. The van der Waals surface area contributed by atoms with Gasteiger partial charge in [0, 0.05) is 12.6 Å². The molecule has 4 heteroatoms. The highest BCUT2D eigenvalue weighted by atomic mass is 16.4. The average molecular weight is 273 g/mol. The molecule has 0 spiro atoms. The summed E-state index contributed by atoms with van der Waals surface area (Å²) in [6.07, 6.45) is 3.64. The van der Waals surface area contributed by atoms with Gasteiger partial charge in [-0.05, 0) is 37.8 Å². The maximum absolute atomic E-state index is 12.7. The Balaban J connectivity index is 2.50. The molecule has 0 atom stereocenters. The third-order valence-electron chi connectivity index (χ3n) is 3.62. The van der Waals surface area contributed by atoms with E-state index < -0.39 is 5.97 Å². The van der Waals surface area contributed by atoms with Crippen molar-refractivity contribution in [2.24, 2.45) is 0 Å². The number of carboxylic acid groups (broad SMARTS) is 1. The minimum Gasteiger partial charge on any atom is -0.478 e. The Hall–Kier alpha value is -2.10. The van der Waals surface area contributed by atoms with Crippen LogP contribution in [0.5, 0.6) is 0 Å². The van der Waals surface area contributed by atoms with Crippen LogP contribution in [0.2, 0.25) is 0 Å². The second-order valence-corrected chi connectivity index (χ2v) is 5.23. The summed E-state index contributed by atoms with van der Waals surface area (Å²) in [5, 5.41) is 9.39. The molecule has 0 aliphatic heterocycles. The first kappa shape index (κ1) is 14.3. The van der Waals surface area contributed by atoms with Crippen LogP contribution in [0, 0.1) is 13.8 Å². The van der Waals surface area contributed by atoms with Crippen LogP contribution < -0.4 is 0 Å². The lowest BCUT2D eigenvalue weighted by Crippen LogP contribution is -2.35. The van der Waals surface area contributed by atoms with Gasteiger partial charge in [-0.2, -0.15) is 0 Å². The molecule has 1 aliphatic rings. The molecule has 0 aromatic heterocycles. The summed E-state index contributed by atoms with van der Waals surface area (Å²) in [4.78, 5) is 25.9. The number of amides is 1. The van der Waals surface area contributed by atoms with E-state index in [1.54, 1.807) is 37.0 Å². The zero-order valence-electron chi connectivity index (χ0n) is 11.8. The Morgan fingerprint density at radius 2 is 1.85 bits per heavy atom. The molecule has 1 aromatic carbocycles. The van der Waals surface area contributed by atoms with Crippen molar-refractivity contribution in [1.82, 2.24) is 4.90 Å². The van der Waals surface area contributed by atoms with Crippen LogP contribution in [0.25, 0.3) is 0 Å². The molecule has 0 bridgehead atoms. The van der Waals surface area contributed by atoms with Crippen LogP contribution in [0.1, 0.15) is 44.7 Å². The molecule has 1 aliphatic carbocycles. The molecule has 2 rings (SSSR count). The lowest BCUT2D eigenvalue weighted by Gasteiger charge is -2.23. The molecular formula is C16H19NO3. The fraction of sp³-hybridized carbons (Fsp3) is 0.375. The minimum absolute atomic E-state index is 0.115. The van der Waals surface area contributed by atoms with Crippen molar-refractivity contribution >= 4 is 11.9 Å². The molecule has 0 saturated heterocycles. The first-order valence-electron chi connectivity index (χ1n) is 6.72. The number of nitrogens with zero attached hydrogens (tertiary/aromatic N) is 1. The molecule has 106 valence electrons. The Bertz CT molecular complexity index is 573. The quantitative estimate of drug-likeness (QED) is 0.839. The summed E-state index contributed by atoms with van der Waals surface area (Å²) in [5.41, 5.74) is 1.74. The van der Waals surface area contributed by atoms with Crippen molar-refractivity contribution in [3.05, 3.63) is 47.0 Å². The zero-order chi connectivity index (χ0) is 14.9. The van der Waals surface area contributed by atoms with Crippen molar-refractivity contribution in [1.29, 1.82) is 0 Å². The summed E-state index contributed by atoms with van der Waals surface area (Å²) in [6.45, 7) is 7.62. The molecule has 1 fully saturated rings. The van der Waals surface area contributed by atoms with Gasteiger partial charge in [0.05, 0.1) is 11.1 Å². The predicted molar refractivity (Wildman–Crippen MR) is 77.1 cm³/mol. The predicted octanol–water partition coefficient (Wildman–Crippen LogP) is 2.79. The van der Waals surface area contributed by atoms with Crippen LogP contribution in [0.15, 0.2) is 24.8 Å². The van der Waals surface area contributed by atoms with Gasteiger partial charge in [-0.3, -0.25) is 4.79 Å². The van der Waals surface area contributed by atoms with Gasteiger partial charge >= 0.3 is 5.97 Å². The molecule has 0 heterocycles. The lowest BCUT2D eigenvalue weighted by atomic mass is 9.96. The summed E-state index contributed by atoms with van der Waals surface area (Å²) in [7, 11) is 0. The monoisotopic (exact) mass is 273 g/mol. The van der Waals surface area contributed by atoms with E-state index >= 15 is 0 Å². The van der Waals surface area contributed by atoms with Gasteiger partial charge < -0.3 is 10.0 Å². The summed E-state index contributed by atoms with van der Waals surface area (Å²) >= 11 is 0. The number of rotatable bonds is 5. The van der Waals surface area contributed by atoms with E-state index in [1.165, 1.54) is 0 Å². The zero-order valence-corrected chi connectivity index (χ0v) is 11.8. The second kappa shape index (κ2) is 5.49. The van der Waals surface area contributed by atoms with Crippen molar-refractivity contribution in [3.63, 3.8) is 0 Å². The van der Waals surface area contributed by atoms with Crippen LogP contribution in [-0.4, -0.2) is 34.5 Å². The van der Waals surface area contributed by atoms with E-state index in [9.17, 15) is 14.7 Å². The normalized spacial score (nSPS) is 13.9. The molecule has 4 nitrogen and oxygen atoms in total. The summed E-state index contributed by atoms with van der Waals surface area (Å²) in [5.74, 6) is -1.25. The highest BCUT2D eigenvalue weighted by Crippen LogP contribution is 2.30. The molecule has 20 heavy (non-hydrogen) atoms. The maximum Gasteiger partial charge on any atom is 0.336 e. The van der Waals surface area contributed by atoms with Gasteiger partial charge in [0.15, 0.2) is 0 Å². The van der Waals surface area contributed by atoms with Gasteiger partial charge in [-0.1, -0.05) is 18.2 Å². The SMILES string of the molecule is C=CCN(C(=O)c1c(C)ccc(C)c1C(=O)O)C1CC1. The van der Waals surface area contributed by atoms with Crippen molar-refractivity contribution in [2.45, 2.75) is 32.7 Å². The number of hydrogen-bond acceptors (Lipinski definition) is 2. The standard InChI is InChI=1S/C16H19NO3/c1-4-9-17(12-7-8-12)15(18)13-10(2)5-6-11(3)14(13)16(19)20/h4-6,12H,1,7-9H2,2-3H3,(H,19,20). The van der Waals surface area contributed by atoms with E-state index in [1.807, 2.05) is 0 Å². The van der Waals surface area contributed by atoms with E-state index in [4.69, 9.17) is 0 Å². The van der Waals surface area contributed by atoms with Crippen molar-refractivity contribution in [2.75, 3.05) is 6.54 Å². The molecule has 1 N–H and O–H groups in total. The summed E-state index contributed by atoms with van der Waals surface area (Å²) in [6, 6.07) is 3.76. The molecule has 0 unspecified atom stereocenters. The Morgan fingerprint density at radius 3 is 2.30 bits per heavy atom. The Labute approximate surface area is 118 Å². The largest absolute Gasteiger partial charge is 0.478 e. The topological polar surface area (TPSA) is 57.6 Å². The molecule has 0 radical (unpaired) electrons. The Kier molecular flexibility index (Phi) is 3.93. The fourth-order valence-corrected chi connectivity index (χ4v) is 2.43. The van der Waals surface area contributed by atoms with Crippen LogP contribution >= 0.6 is 0 Å². The molecular weight excluding hydrogens is 254 g/mol. The van der Waals surface area contributed by atoms with Gasteiger partial charge in [-0.15, -0.1) is 6.58 Å². The average Bonchev–Trinajstić information content (AvgIpc) is 3.21. The minimum atomic E-state index is -1.05. The number of aryl methyl sites for hydroxylation is 2. The van der Waals surface area contributed by atoms with Gasteiger partial charge in [-0.25, -0.2) is 4.79 Å². The molecule has 1 saturated carbocycles. The van der Waals surface area contributed by atoms with Gasteiger partial charge in [0.25, 0.3) is 5.91 Å². The summed E-state index contributed by atoms with van der Waals surface area (Å²) < 4.78 is 0. The van der Waals surface area contributed by atoms with Crippen molar-refractivity contribution in [3.8, 4) is 0 Å². The lowest BCUT2D eigenvalue weighted by molar-refractivity contribution is 0.0675. The van der Waals surface area contributed by atoms with E-state index in [0.717, 1.165) is 12.8 Å². The third kappa shape index (κ3) is 2.59. The van der Waals surface area contributed by atoms with Crippen LogP contribution in [0.3, 0.4) is 0 Å². The smallest absolute Gasteiger partial charge is 0.336 e. The maximum atomic E-state index is 12.7. The third-order valence-corrected chi connectivity index (χ3v) is 3.62. The first-order valence-corrected chi connectivity index (χ1v) is 6.72. The van der Waals surface area contributed by atoms with E-state index in [0.29, 0.717) is 23.2 Å².